The van der Waals surface area contributed by atoms with Crippen molar-refractivity contribution in [3.63, 3.8) is 0 Å². The van der Waals surface area contributed by atoms with Crippen molar-refractivity contribution >= 4 is 5.91 Å². The van der Waals surface area contributed by atoms with E-state index in [2.05, 4.69) is 27.7 Å². The van der Waals surface area contributed by atoms with Gasteiger partial charge < -0.3 is 4.90 Å². The van der Waals surface area contributed by atoms with E-state index >= 15 is 0 Å². The quantitative estimate of drug-likeness (QED) is 0.611. The summed E-state index contributed by atoms with van der Waals surface area (Å²) >= 11 is 0. The first-order valence-electron chi connectivity index (χ1n) is 5.09. The van der Waals surface area contributed by atoms with E-state index in [9.17, 15) is 4.79 Å². The van der Waals surface area contributed by atoms with Crippen LogP contribution in [0.2, 0.25) is 0 Å². The lowest BCUT2D eigenvalue weighted by Gasteiger charge is -2.35. The Hall–Kier alpha value is -0.530. The molecule has 1 heterocycles. The summed E-state index contributed by atoms with van der Waals surface area (Å²) in [6.45, 7) is 8.98. The molecule has 1 aliphatic heterocycles. The predicted molar refractivity (Wildman–Crippen MR) is 54.4 cm³/mol. The Morgan fingerprint density at radius 1 is 1.46 bits per heavy atom. The molecule has 13 heavy (non-hydrogen) atoms. The average Bonchev–Trinajstić information content (AvgIpc) is 2.30. The summed E-state index contributed by atoms with van der Waals surface area (Å²) in [5, 5.41) is 0. The van der Waals surface area contributed by atoms with Crippen molar-refractivity contribution < 1.29 is 4.79 Å². The van der Waals surface area contributed by atoms with Crippen molar-refractivity contribution in [3.8, 4) is 0 Å². The van der Waals surface area contributed by atoms with Gasteiger partial charge in [0.25, 0.3) is 0 Å². The van der Waals surface area contributed by atoms with Gasteiger partial charge in [-0.1, -0.05) is 27.7 Å². The summed E-state index contributed by atoms with van der Waals surface area (Å²) in [4.78, 5) is 13.3. The van der Waals surface area contributed by atoms with E-state index in [0.717, 1.165) is 12.8 Å². The van der Waals surface area contributed by atoms with Crippen molar-refractivity contribution in [3.05, 3.63) is 0 Å². The normalized spacial score (nSPS) is 26.7. The lowest BCUT2D eigenvalue weighted by atomic mass is 9.77. The molecule has 0 radical (unpaired) electrons. The minimum Gasteiger partial charge on any atom is -0.342 e. The van der Waals surface area contributed by atoms with Crippen LogP contribution in [-0.2, 0) is 4.79 Å². The second kappa shape index (κ2) is 3.32. The maximum Gasteiger partial charge on any atom is 0.222 e. The summed E-state index contributed by atoms with van der Waals surface area (Å²) < 4.78 is 0. The van der Waals surface area contributed by atoms with Crippen LogP contribution in [0.25, 0.3) is 0 Å². The second-order valence-electron chi connectivity index (χ2n) is 5.27. The molecule has 2 heteroatoms. The standard InChI is InChI=1S/C11H21NO/c1-8(11(2,3)4)9-6-7-10(13)12(9)5/h8-9H,6-7H2,1-5H3/t8-,9-/m1/s1. The van der Waals surface area contributed by atoms with Gasteiger partial charge in [-0.15, -0.1) is 0 Å². The lowest BCUT2D eigenvalue weighted by molar-refractivity contribution is -0.128. The molecule has 2 nitrogen and oxygen atoms in total. The van der Waals surface area contributed by atoms with Crippen LogP contribution in [0.15, 0.2) is 0 Å². The van der Waals surface area contributed by atoms with Crippen LogP contribution >= 0.6 is 0 Å². The molecule has 0 aromatic heterocycles. The smallest absolute Gasteiger partial charge is 0.222 e. The van der Waals surface area contributed by atoms with Crippen molar-refractivity contribution in [1.29, 1.82) is 0 Å². The summed E-state index contributed by atoms with van der Waals surface area (Å²) in [6, 6.07) is 0.451. The number of hydrogen-bond donors (Lipinski definition) is 0. The highest BCUT2D eigenvalue weighted by molar-refractivity contribution is 5.78. The fourth-order valence-electron chi connectivity index (χ4n) is 1.99. The molecule has 1 amide bonds. The number of likely N-dealkylation sites (tertiary alicyclic amines) is 1. The molecule has 76 valence electrons. The minimum atomic E-state index is 0.295. The molecule has 1 aliphatic rings. The average molecular weight is 183 g/mol. The number of carbonyl (C=O) groups is 1. The summed E-state index contributed by atoms with van der Waals surface area (Å²) in [6.07, 6.45) is 1.77. The van der Waals surface area contributed by atoms with E-state index in [1.165, 1.54) is 0 Å². The molecule has 0 unspecified atom stereocenters. The molecule has 1 saturated heterocycles. The van der Waals surface area contributed by atoms with Gasteiger partial charge in [-0.2, -0.15) is 0 Å². The Labute approximate surface area is 81.3 Å². The molecular weight excluding hydrogens is 162 g/mol. The van der Waals surface area contributed by atoms with Crippen LogP contribution in [0, 0.1) is 11.3 Å². The topological polar surface area (TPSA) is 20.3 Å². The zero-order valence-corrected chi connectivity index (χ0v) is 9.42. The third kappa shape index (κ3) is 2.04. The van der Waals surface area contributed by atoms with Crippen LogP contribution in [0.4, 0.5) is 0 Å². The van der Waals surface area contributed by atoms with Crippen molar-refractivity contribution in [2.75, 3.05) is 7.05 Å². The Morgan fingerprint density at radius 2 is 2.00 bits per heavy atom. The molecule has 1 rings (SSSR count). The van der Waals surface area contributed by atoms with E-state index in [1.54, 1.807) is 0 Å². The number of amides is 1. The van der Waals surface area contributed by atoms with Crippen LogP contribution in [0.1, 0.15) is 40.5 Å². The van der Waals surface area contributed by atoms with Gasteiger partial charge in [-0.3, -0.25) is 4.79 Å². The Kier molecular flexibility index (Phi) is 2.69. The molecule has 0 aromatic rings. The lowest BCUT2D eigenvalue weighted by Crippen LogP contribution is -2.39. The van der Waals surface area contributed by atoms with Gasteiger partial charge in [0.15, 0.2) is 0 Å². The van der Waals surface area contributed by atoms with Gasteiger partial charge in [0.1, 0.15) is 0 Å². The molecule has 0 aromatic carbocycles. The van der Waals surface area contributed by atoms with E-state index in [0.29, 0.717) is 23.3 Å². The fraction of sp³-hybridized carbons (Fsp3) is 0.909. The predicted octanol–water partition coefficient (Wildman–Crippen LogP) is 2.29. The number of rotatable bonds is 1. The molecule has 0 aliphatic carbocycles. The Bertz CT molecular complexity index is 205. The summed E-state index contributed by atoms with van der Waals surface area (Å²) in [5.74, 6) is 0.880. The molecular formula is C11H21NO. The number of hydrogen-bond acceptors (Lipinski definition) is 1. The van der Waals surface area contributed by atoms with Gasteiger partial charge in [0.2, 0.25) is 5.91 Å². The highest BCUT2D eigenvalue weighted by Gasteiger charge is 2.36. The zero-order valence-electron chi connectivity index (χ0n) is 9.42. The maximum absolute atomic E-state index is 11.3. The number of nitrogens with zero attached hydrogens (tertiary/aromatic N) is 1. The molecule has 2 atom stereocenters. The van der Waals surface area contributed by atoms with Gasteiger partial charge in [-0.05, 0) is 17.8 Å². The van der Waals surface area contributed by atoms with Crippen LogP contribution < -0.4 is 0 Å². The Morgan fingerprint density at radius 3 is 2.31 bits per heavy atom. The van der Waals surface area contributed by atoms with Gasteiger partial charge in [0.05, 0.1) is 0 Å². The first-order chi connectivity index (χ1) is 5.84. The highest BCUT2D eigenvalue weighted by Crippen LogP contribution is 2.35. The molecule has 0 N–H and O–H groups in total. The maximum atomic E-state index is 11.3. The number of carbonyl (C=O) groups excluding carboxylic acids is 1. The van der Waals surface area contributed by atoms with Gasteiger partial charge in [0, 0.05) is 19.5 Å². The first-order valence-corrected chi connectivity index (χ1v) is 5.09. The fourth-order valence-corrected chi connectivity index (χ4v) is 1.99. The van der Waals surface area contributed by atoms with Crippen molar-refractivity contribution in [1.82, 2.24) is 4.90 Å². The SMILES string of the molecule is C[C@H]([C@H]1CCC(=O)N1C)C(C)(C)C. The van der Waals surface area contributed by atoms with E-state index in [-0.39, 0.29) is 0 Å². The first kappa shape index (κ1) is 10.6. The molecule has 0 spiro atoms. The van der Waals surface area contributed by atoms with Crippen molar-refractivity contribution in [2.45, 2.75) is 46.6 Å². The van der Waals surface area contributed by atoms with E-state index in [4.69, 9.17) is 0 Å². The minimum absolute atomic E-state index is 0.295. The van der Waals surface area contributed by atoms with Gasteiger partial charge in [-0.25, -0.2) is 0 Å². The largest absolute Gasteiger partial charge is 0.342 e. The Balaban J connectivity index is 2.69. The van der Waals surface area contributed by atoms with E-state index in [1.807, 2.05) is 11.9 Å². The molecule has 0 saturated carbocycles. The third-order valence-electron chi connectivity index (χ3n) is 3.49. The zero-order chi connectivity index (χ0) is 10.2. The second-order valence-corrected chi connectivity index (χ2v) is 5.27. The van der Waals surface area contributed by atoms with Crippen LogP contribution in [0.5, 0.6) is 0 Å². The van der Waals surface area contributed by atoms with E-state index < -0.39 is 0 Å². The van der Waals surface area contributed by atoms with Gasteiger partial charge >= 0.3 is 0 Å². The highest BCUT2D eigenvalue weighted by atomic mass is 16.2. The monoisotopic (exact) mass is 183 g/mol. The molecule has 1 fully saturated rings. The van der Waals surface area contributed by atoms with Crippen molar-refractivity contribution in [2.24, 2.45) is 11.3 Å². The summed E-state index contributed by atoms with van der Waals surface area (Å²) in [7, 11) is 1.93. The third-order valence-corrected chi connectivity index (χ3v) is 3.49. The molecule has 0 bridgehead atoms. The van der Waals surface area contributed by atoms with Crippen LogP contribution in [-0.4, -0.2) is 23.9 Å². The van der Waals surface area contributed by atoms with Crippen LogP contribution in [0.3, 0.4) is 0 Å². The summed E-state index contributed by atoms with van der Waals surface area (Å²) in [5.41, 5.74) is 0.295.